The van der Waals surface area contributed by atoms with E-state index in [1.54, 1.807) is 30.5 Å². The summed E-state index contributed by atoms with van der Waals surface area (Å²) >= 11 is 0. The molecule has 1 aromatic heterocycles. The molecule has 2 aliphatic rings. The average molecular weight is 320 g/mol. The summed E-state index contributed by atoms with van der Waals surface area (Å²) < 4.78 is 5.40. The van der Waals surface area contributed by atoms with Crippen molar-refractivity contribution >= 4 is 17.7 Å². The van der Waals surface area contributed by atoms with E-state index in [1.807, 2.05) is 18.2 Å². The Morgan fingerprint density at radius 1 is 1.04 bits per heavy atom. The van der Waals surface area contributed by atoms with Crippen LogP contribution in [0.15, 0.2) is 59.5 Å². The zero-order chi connectivity index (χ0) is 16.4. The van der Waals surface area contributed by atoms with Gasteiger partial charge in [0.05, 0.1) is 6.26 Å². The Morgan fingerprint density at radius 3 is 2.71 bits per heavy atom. The molecule has 0 saturated heterocycles. The second kappa shape index (κ2) is 5.84. The Morgan fingerprint density at radius 2 is 1.92 bits per heavy atom. The number of benzene rings is 1. The number of aromatic nitrogens is 4. The molecule has 0 unspecified atom stereocenters. The highest BCUT2D eigenvalue weighted by atomic mass is 16.3. The number of hydrogen-bond donors (Lipinski definition) is 3. The first-order valence-electron chi connectivity index (χ1n) is 7.17. The molecule has 24 heavy (non-hydrogen) atoms. The number of fused-ring (bicyclic) bond motifs is 1. The quantitative estimate of drug-likeness (QED) is 0.537. The largest absolute Gasteiger partial charge is 0.463 e. The molecule has 0 radical (unpaired) electrons. The zero-order valence-corrected chi connectivity index (χ0v) is 12.4. The van der Waals surface area contributed by atoms with Crippen LogP contribution < -0.4 is 10.6 Å². The van der Waals surface area contributed by atoms with Crippen LogP contribution >= 0.6 is 0 Å². The third-order valence-corrected chi connectivity index (χ3v) is 3.31. The van der Waals surface area contributed by atoms with Crippen LogP contribution in [0, 0.1) is 0 Å². The minimum atomic E-state index is -0.422. The van der Waals surface area contributed by atoms with Gasteiger partial charge < -0.3 is 14.7 Å². The van der Waals surface area contributed by atoms with Crippen LogP contribution in [0.2, 0.25) is 0 Å². The van der Waals surface area contributed by atoms with Gasteiger partial charge in [-0.15, -0.1) is 0 Å². The number of nitrogens with zero attached hydrogens (tertiary/aromatic N) is 3. The number of carbonyl (C=O) groups is 1. The number of urea groups is 1. The zero-order valence-electron chi connectivity index (χ0n) is 12.4. The summed E-state index contributed by atoms with van der Waals surface area (Å²) in [6.07, 6.45) is 2.97. The van der Waals surface area contributed by atoms with Gasteiger partial charge in [0.15, 0.2) is 11.6 Å². The molecule has 8 heteroatoms. The number of carbonyl (C=O) groups excluding carboxylic acids is 1. The van der Waals surface area contributed by atoms with E-state index in [2.05, 4.69) is 30.6 Å². The van der Waals surface area contributed by atoms with Crippen LogP contribution in [0.25, 0.3) is 23.0 Å². The third-order valence-electron chi connectivity index (χ3n) is 3.31. The van der Waals surface area contributed by atoms with Gasteiger partial charge in [-0.05, 0) is 24.3 Å². The van der Waals surface area contributed by atoms with Gasteiger partial charge in [0.2, 0.25) is 5.95 Å². The fourth-order valence-corrected chi connectivity index (χ4v) is 2.28. The standard InChI is InChI=1S/C16H12N6O2/c23-16(19-10-5-2-1-3-6-10)22-15-20-12(11-7-4-8-24-11)13-14(21-15)18-9-17-13/h1-9H,(H3,17,18,19,20,21,22,23). The molecule has 4 rings (SSSR count). The summed E-state index contributed by atoms with van der Waals surface area (Å²) in [7, 11) is 0. The number of hydrogen-bond acceptors (Lipinski definition) is 5. The minimum Gasteiger partial charge on any atom is -0.463 e. The maximum atomic E-state index is 12.1. The second-order valence-corrected chi connectivity index (χ2v) is 4.93. The van der Waals surface area contributed by atoms with E-state index < -0.39 is 6.03 Å². The van der Waals surface area contributed by atoms with E-state index in [0.717, 1.165) is 0 Å². The number of rotatable bonds is 3. The van der Waals surface area contributed by atoms with Gasteiger partial charge in [-0.25, -0.2) is 14.8 Å². The monoisotopic (exact) mass is 320 g/mol. The molecule has 118 valence electrons. The highest BCUT2D eigenvalue weighted by Gasteiger charge is 2.19. The van der Waals surface area contributed by atoms with Crippen molar-refractivity contribution in [1.82, 2.24) is 19.9 Å². The molecule has 0 fully saturated rings. The van der Waals surface area contributed by atoms with Crippen LogP contribution in [0.4, 0.5) is 16.4 Å². The molecule has 2 aliphatic heterocycles. The Balaban J connectivity index is 1.63. The van der Waals surface area contributed by atoms with Crippen molar-refractivity contribution in [1.29, 1.82) is 0 Å². The van der Waals surface area contributed by atoms with Crippen molar-refractivity contribution in [3.63, 3.8) is 0 Å². The minimum absolute atomic E-state index is 0.239. The number of para-hydroxylation sites is 1. The van der Waals surface area contributed by atoms with E-state index in [1.165, 1.54) is 6.33 Å². The molecular formula is C16H12N6O2. The van der Waals surface area contributed by atoms with Gasteiger partial charge >= 0.3 is 6.03 Å². The van der Waals surface area contributed by atoms with Crippen LogP contribution in [-0.4, -0.2) is 26.0 Å². The highest BCUT2D eigenvalue weighted by molar-refractivity contribution is 5.99. The number of anilines is 2. The average Bonchev–Trinajstić information content (AvgIpc) is 3.26. The molecule has 2 amide bonds. The molecule has 3 N–H and O–H groups in total. The number of imidazole rings is 1. The van der Waals surface area contributed by atoms with Gasteiger partial charge in [0, 0.05) is 5.69 Å². The van der Waals surface area contributed by atoms with Crippen molar-refractivity contribution < 1.29 is 9.21 Å². The first kappa shape index (κ1) is 13.9. The third kappa shape index (κ3) is 2.68. The van der Waals surface area contributed by atoms with Crippen LogP contribution in [0.1, 0.15) is 0 Å². The summed E-state index contributed by atoms with van der Waals surface area (Å²) in [6.45, 7) is 0. The van der Waals surface area contributed by atoms with Crippen molar-refractivity contribution in [2.75, 3.05) is 10.6 Å². The molecule has 3 heterocycles. The molecule has 1 aromatic carbocycles. The smallest absolute Gasteiger partial charge is 0.326 e. The first-order valence-corrected chi connectivity index (χ1v) is 7.17. The lowest BCUT2D eigenvalue weighted by Crippen LogP contribution is -2.21. The summed E-state index contributed by atoms with van der Waals surface area (Å²) in [4.78, 5) is 27.6. The molecular weight excluding hydrogens is 308 g/mol. The van der Waals surface area contributed by atoms with Gasteiger partial charge in [0.1, 0.15) is 17.7 Å². The predicted molar refractivity (Wildman–Crippen MR) is 87.6 cm³/mol. The predicted octanol–water partition coefficient (Wildman–Crippen LogP) is 3.21. The van der Waals surface area contributed by atoms with Gasteiger partial charge in [-0.3, -0.25) is 5.32 Å². The number of H-pyrrole nitrogens is 1. The van der Waals surface area contributed by atoms with E-state index in [0.29, 0.717) is 28.7 Å². The lowest BCUT2D eigenvalue weighted by molar-refractivity contribution is 0.262. The van der Waals surface area contributed by atoms with Gasteiger partial charge in [-0.2, -0.15) is 4.98 Å². The maximum Gasteiger partial charge on any atom is 0.326 e. The Bertz CT molecular complexity index is 932. The van der Waals surface area contributed by atoms with E-state index >= 15 is 0 Å². The highest BCUT2D eigenvalue weighted by Crippen LogP contribution is 2.29. The second-order valence-electron chi connectivity index (χ2n) is 4.93. The summed E-state index contributed by atoms with van der Waals surface area (Å²) in [6, 6.07) is 12.2. The Labute approximate surface area is 136 Å². The van der Waals surface area contributed by atoms with Crippen LogP contribution in [-0.2, 0) is 0 Å². The van der Waals surface area contributed by atoms with Crippen LogP contribution in [0.3, 0.4) is 0 Å². The summed E-state index contributed by atoms with van der Waals surface area (Å²) in [5, 5.41) is 5.37. The number of amides is 2. The molecule has 8 nitrogen and oxygen atoms in total. The van der Waals surface area contributed by atoms with Crippen molar-refractivity contribution in [2.24, 2.45) is 0 Å². The first-order chi connectivity index (χ1) is 11.8. The topological polar surface area (TPSA) is 109 Å². The number of aromatic amines is 1. The lowest BCUT2D eigenvalue weighted by atomic mass is 10.2. The number of nitrogens with one attached hydrogen (secondary N) is 3. The van der Waals surface area contributed by atoms with Crippen molar-refractivity contribution in [3.05, 3.63) is 55.1 Å². The molecule has 0 atom stereocenters. The molecule has 0 saturated carbocycles. The van der Waals surface area contributed by atoms with Gasteiger partial charge in [-0.1, -0.05) is 18.2 Å². The fourth-order valence-electron chi connectivity index (χ4n) is 2.28. The van der Waals surface area contributed by atoms with E-state index in [-0.39, 0.29) is 5.95 Å². The molecule has 0 bridgehead atoms. The van der Waals surface area contributed by atoms with Crippen molar-refractivity contribution in [3.8, 4) is 23.0 Å². The molecule has 0 spiro atoms. The van der Waals surface area contributed by atoms with Gasteiger partial charge in [0.25, 0.3) is 0 Å². The van der Waals surface area contributed by atoms with Crippen molar-refractivity contribution in [2.45, 2.75) is 0 Å². The summed E-state index contributed by atoms with van der Waals surface area (Å²) in [5.74, 6) is 1.23. The summed E-state index contributed by atoms with van der Waals surface area (Å²) in [5.41, 5.74) is 1.84. The number of furan rings is 1. The Hall–Kier alpha value is -3.68. The fraction of sp³-hybridized carbons (Fsp3) is 0. The maximum absolute atomic E-state index is 12.1. The molecule has 0 aliphatic carbocycles. The van der Waals surface area contributed by atoms with Crippen LogP contribution in [0.5, 0.6) is 0 Å². The van der Waals surface area contributed by atoms with E-state index in [4.69, 9.17) is 4.42 Å². The normalized spacial score (nSPS) is 10.7. The van der Waals surface area contributed by atoms with E-state index in [9.17, 15) is 4.79 Å². The SMILES string of the molecule is O=C(Nc1ccccc1)Nc1nc2ncnc-2c(-c2ccco2)[nH]1. The lowest BCUT2D eigenvalue weighted by Gasteiger charge is -2.10. The Kier molecular flexibility index (Phi) is 3.39. The molecule has 2 aromatic rings.